The Morgan fingerprint density at radius 2 is 2.05 bits per heavy atom. The third-order valence-electron chi connectivity index (χ3n) is 3.63. The van der Waals surface area contributed by atoms with Crippen LogP contribution in [0.2, 0.25) is 5.02 Å². The average molecular weight is 357 g/mol. The molecule has 1 aromatic carbocycles. The fraction of sp³-hybridized carbons (Fsp3) is 0.438. The van der Waals surface area contributed by atoms with Gasteiger partial charge in [-0.05, 0) is 46.0 Å². The van der Waals surface area contributed by atoms with Gasteiger partial charge in [0.2, 0.25) is 0 Å². The summed E-state index contributed by atoms with van der Waals surface area (Å²) in [6.07, 6.45) is 3.13. The lowest BCUT2D eigenvalue weighted by Crippen LogP contribution is -2.36. The molecule has 20 heavy (non-hydrogen) atoms. The summed E-state index contributed by atoms with van der Waals surface area (Å²) in [5.74, 6) is 0.0450. The van der Waals surface area contributed by atoms with Crippen molar-refractivity contribution in [3.63, 3.8) is 0 Å². The zero-order chi connectivity index (χ0) is 14.9. The fourth-order valence-electron chi connectivity index (χ4n) is 2.35. The second-order valence-electron chi connectivity index (χ2n) is 6.11. The summed E-state index contributed by atoms with van der Waals surface area (Å²) in [6, 6.07) is 5.34. The van der Waals surface area contributed by atoms with Crippen LogP contribution in [-0.4, -0.2) is 23.9 Å². The third-order valence-corrected chi connectivity index (χ3v) is 4.86. The van der Waals surface area contributed by atoms with E-state index < -0.39 is 0 Å². The molecule has 0 aromatic heterocycles. The first-order chi connectivity index (χ1) is 9.29. The number of carbonyl (C=O) groups is 1. The van der Waals surface area contributed by atoms with Gasteiger partial charge in [-0.15, -0.1) is 0 Å². The highest BCUT2D eigenvalue weighted by Gasteiger charge is 2.24. The van der Waals surface area contributed by atoms with E-state index in [1.54, 1.807) is 12.1 Å². The van der Waals surface area contributed by atoms with Gasteiger partial charge in [-0.3, -0.25) is 4.79 Å². The van der Waals surface area contributed by atoms with Gasteiger partial charge in [-0.2, -0.15) is 0 Å². The highest BCUT2D eigenvalue weighted by atomic mass is 79.9. The van der Waals surface area contributed by atoms with Crippen molar-refractivity contribution < 1.29 is 4.79 Å². The average Bonchev–Trinajstić information content (AvgIpc) is 2.40. The Kier molecular flexibility index (Phi) is 4.60. The lowest BCUT2D eigenvalue weighted by atomic mass is 9.83. The molecule has 0 atom stereocenters. The van der Waals surface area contributed by atoms with E-state index in [1.807, 2.05) is 11.0 Å². The lowest BCUT2D eigenvalue weighted by Gasteiger charge is -2.32. The molecule has 2 rings (SSSR count). The fourth-order valence-corrected chi connectivity index (χ4v) is 2.77. The van der Waals surface area contributed by atoms with Crippen LogP contribution in [0, 0.1) is 5.41 Å². The first kappa shape index (κ1) is 15.6. The van der Waals surface area contributed by atoms with Crippen molar-refractivity contribution in [2.45, 2.75) is 27.2 Å². The molecule has 4 heteroatoms. The molecule has 1 aliphatic heterocycles. The van der Waals surface area contributed by atoms with Crippen LogP contribution in [0.15, 0.2) is 34.3 Å². The van der Waals surface area contributed by atoms with Crippen LogP contribution >= 0.6 is 27.5 Å². The molecule has 0 aliphatic carbocycles. The van der Waals surface area contributed by atoms with Gasteiger partial charge >= 0.3 is 0 Å². The smallest absolute Gasteiger partial charge is 0.254 e. The van der Waals surface area contributed by atoms with E-state index in [0.29, 0.717) is 17.1 Å². The molecule has 0 saturated carbocycles. The normalized spacial score (nSPS) is 16.1. The minimum Gasteiger partial charge on any atom is -0.335 e. The molecule has 1 aromatic rings. The highest BCUT2D eigenvalue weighted by molar-refractivity contribution is 9.10. The van der Waals surface area contributed by atoms with E-state index in [0.717, 1.165) is 17.4 Å². The Morgan fingerprint density at radius 1 is 1.35 bits per heavy atom. The number of halogens is 2. The van der Waals surface area contributed by atoms with Gasteiger partial charge in [-0.25, -0.2) is 0 Å². The van der Waals surface area contributed by atoms with E-state index in [1.165, 1.54) is 5.57 Å². The predicted molar refractivity (Wildman–Crippen MR) is 87.2 cm³/mol. The van der Waals surface area contributed by atoms with Crippen LogP contribution in [0.25, 0.3) is 0 Å². The second kappa shape index (κ2) is 5.90. The molecule has 0 radical (unpaired) electrons. The summed E-state index contributed by atoms with van der Waals surface area (Å²) >= 11 is 9.39. The van der Waals surface area contributed by atoms with Crippen LogP contribution in [0.1, 0.15) is 37.6 Å². The summed E-state index contributed by atoms with van der Waals surface area (Å²) < 4.78 is 0.810. The van der Waals surface area contributed by atoms with Crippen LogP contribution in [0.4, 0.5) is 0 Å². The Morgan fingerprint density at radius 3 is 2.55 bits per heavy atom. The van der Waals surface area contributed by atoms with E-state index in [2.05, 4.69) is 42.8 Å². The quantitative estimate of drug-likeness (QED) is 0.654. The standard InChI is InChI=1S/C16H19BrClNO/c1-16(2,3)12-6-8-19(9-7-12)15(20)11-4-5-13(17)14(18)10-11/h4-6,10H,7-9H2,1-3H3. The van der Waals surface area contributed by atoms with E-state index in [4.69, 9.17) is 11.6 Å². The van der Waals surface area contributed by atoms with E-state index in [9.17, 15) is 4.79 Å². The number of nitrogens with zero attached hydrogens (tertiary/aromatic N) is 1. The summed E-state index contributed by atoms with van der Waals surface area (Å²) in [5, 5.41) is 0.568. The molecule has 1 heterocycles. The number of rotatable bonds is 1. The Labute approximate surface area is 133 Å². The van der Waals surface area contributed by atoms with Crippen LogP contribution in [0.5, 0.6) is 0 Å². The van der Waals surface area contributed by atoms with Crippen molar-refractivity contribution in [3.05, 3.63) is 44.9 Å². The molecule has 0 bridgehead atoms. The largest absolute Gasteiger partial charge is 0.335 e. The first-order valence-electron chi connectivity index (χ1n) is 6.73. The summed E-state index contributed by atoms with van der Waals surface area (Å²) in [7, 11) is 0. The van der Waals surface area contributed by atoms with Crippen molar-refractivity contribution >= 4 is 33.4 Å². The molecule has 0 saturated heterocycles. The Bertz CT molecular complexity index is 560. The predicted octanol–water partition coefficient (Wildman–Crippen LogP) is 4.92. The Hall–Kier alpha value is -0.800. The van der Waals surface area contributed by atoms with Gasteiger partial charge in [0.1, 0.15) is 0 Å². The van der Waals surface area contributed by atoms with Crippen molar-refractivity contribution in [1.29, 1.82) is 0 Å². The molecule has 2 nitrogen and oxygen atoms in total. The van der Waals surface area contributed by atoms with Gasteiger partial charge in [0.25, 0.3) is 5.91 Å². The first-order valence-corrected chi connectivity index (χ1v) is 7.90. The van der Waals surface area contributed by atoms with E-state index in [-0.39, 0.29) is 11.3 Å². The number of carbonyl (C=O) groups excluding carboxylic acids is 1. The van der Waals surface area contributed by atoms with Crippen molar-refractivity contribution in [2.24, 2.45) is 5.41 Å². The molecule has 0 spiro atoms. The van der Waals surface area contributed by atoms with Crippen molar-refractivity contribution in [3.8, 4) is 0 Å². The van der Waals surface area contributed by atoms with Gasteiger partial charge in [0.05, 0.1) is 5.02 Å². The van der Waals surface area contributed by atoms with Crippen molar-refractivity contribution in [2.75, 3.05) is 13.1 Å². The van der Waals surface area contributed by atoms with Gasteiger partial charge in [0.15, 0.2) is 0 Å². The summed E-state index contributed by atoms with van der Waals surface area (Å²) in [4.78, 5) is 14.3. The molecule has 108 valence electrons. The zero-order valence-electron chi connectivity index (χ0n) is 12.0. The van der Waals surface area contributed by atoms with Crippen LogP contribution in [0.3, 0.4) is 0 Å². The SMILES string of the molecule is CC(C)(C)C1=CCN(C(=O)c2ccc(Br)c(Cl)c2)CC1. The summed E-state index contributed by atoms with van der Waals surface area (Å²) in [6.45, 7) is 8.09. The van der Waals surface area contributed by atoms with Crippen LogP contribution < -0.4 is 0 Å². The summed E-state index contributed by atoms with van der Waals surface area (Å²) in [5.41, 5.74) is 2.26. The van der Waals surface area contributed by atoms with Gasteiger partial charge in [-0.1, -0.05) is 44.0 Å². The number of amides is 1. The Balaban J connectivity index is 2.12. The lowest BCUT2D eigenvalue weighted by molar-refractivity contribution is 0.0765. The molecular weight excluding hydrogens is 338 g/mol. The molecule has 1 aliphatic rings. The third kappa shape index (κ3) is 3.44. The van der Waals surface area contributed by atoms with E-state index >= 15 is 0 Å². The molecule has 0 N–H and O–H groups in total. The maximum atomic E-state index is 12.4. The molecular formula is C16H19BrClNO. The second-order valence-corrected chi connectivity index (χ2v) is 7.37. The monoisotopic (exact) mass is 355 g/mol. The highest BCUT2D eigenvalue weighted by Crippen LogP contribution is 2.31. The minimum absolute atomic E-state index is 0.0450. The van der Waals surface area contributed by atoms with Crippen molar-refractivity contribution in [1.82, 2.24) is 4.90 Å². The topological polar surface area (TPSA) is 20.3 Å². The number of hydrogen-bond donors (Lipinski definition) is 0. The maximum absolute atomic E-state index is 12.4. The number of benzene rings is 1. The molecule has 0 unspecified atom stereocenters. The maximum Gasteiger partial charge on any atom is 0.254 e. The minimum atomic E-state index is 0.0450. The molecule has 0 fully saturated rings. The zero-order valence-corrected chi connectivity index (χ0v) is 14.4. The van der Waals surface area contributed by atoms with Gasteiger partial charge < -0.3 is 4.90 Å². The van der Waals surface area contributed by atoms with Gasteiger partial charge in [0, 0.05) is 23.1 Å². The van der Waals surface area contributed by atoms with Crippen LogP contribution in [-0.2, 0) is 0 Å². The number of hydrogen-bond acceptors (Lipinski definition) is 1. The molecule has 1 amide bonds.